The third-order valence-corrected chi connectivity index (χ3v) is 3.57. The highest BCUT2D eigenvalue weighted by molar-refractivity contribution is 7.99. The van der Waals surface area contributed by atoms with Gasteiger partial charge in [-0.1, -0.05) is 11.8 Å². The summed E-state index contributed by atoms with van der Waals surface area (Å²) >= 11 is 1.26. The molecule has 0 aliphatic carbocycles. The van der Waals surface area contributed by atoms with Crippen LogP contribution in [0.15, 0.2) is 34.3 Å². The second kappa shape index (κ2) is 5.72. The van der Waals surface area contributed by atoms with Crippen LogP contribution in [-0.4, -0.2) is 21.0 Å². The summed E-state index contributed by atoms with van der Waals surface area (Å²) in [5.41, 5.74) is 2.12. The monoisotopic (exact) mass is 285 g/mol. The van der Waals surface area contributed by atoms with Gasteiger partial charge in [0.25, 0.3) is 0 Å². The Morgan fingerprint density at radius 2 is 2.15 bits per heavy atom. The van der Waals surface area contributed by atoms with Crippen molar-refractivity contribution in [3.63, 3.8) is 0 Å². The predicted molar refractivity (Wildman–Crippen MR) is 73.7 cm³/mol. The molecule has 5 nitrogen and oxygen atoms in total. The fraction of sp³-hybridized carbons (Fsp3) is 0.143. The van der Waals surface area contributed by atoms with E-state index in [0.29, 0.717) is 16.3 Å². The van der Waals surface area contributed by atoms with Crippen LogP contribution < -0.4 is 0 Å². The van der Waals surface area contributed by atoms with Gasteiger partial charge in [0.2, 0.25) is 0 Å². The predicted octanol–water partition coefficient (Wildman–Crippen LogP) is 2.81. The van der Waals surface area contributed by atoms with E-state index in [9.17, 15) is 10.1 Å². The highest BCUT2D eigenvalue weighted by atomic mass is 32.2. The first-order chi connectivity index (χ1) is 9.51. The summed E-state index contributed by atoms with van der Waals surface area (Å²) in [6.07, 6.45) is 1.44. The van der Waals surface area contributed by atoms with Crippen LogP contribution in [0.25, 0.3) is 0 Å². The number of aryl methyl sites for hydroxylation is 2. The molecular formula is C14H11N3O2S. The highest BCUT2D eigenvalue weighted by Gasteiger charge is 2.11. The lowest BCUT2D eigenvalue weighted by Crippen LogP contribution is -1.98. The molecule has 0 amide bonds. The van der Waals surface area contributed by atoms with Crippen molar-refractivity contribution >= 4 is 17.7 Å². The Balaban J connectivity index is 2.42. The molecule has 2 rings (SSSR count). The Hall–Kier alpha value is -2.39. The number of carbonyl (C=O) groups is 1. The number of aromatic nitrogens is 2. The van der Waals surface area contributed by atoms with E-state index in [1.807, 2.05) is 6.92 Å². The summed E-state index contributed by atoms with van der Waals surface area (Å²) in [7, 11) is 0. The minimum absolute atomic E-state index is 0.170. The van der Waals surface area contributed by atoms with Crippen LogP contribution in [0.2, 0.25) is 0 Å². The molecule has 0 saturated carbocycles. The summed E-state index contributed by atoms with van der Waals surface area (Å²) in [6, 6.07) is 6.83. The molecule has 2 aromatic rings. The number of rotatable bonds is 3. The van der Waals surface area contributed by atoms with E-state index in [4.69, 9.17) is 5.11 Å². The minimum Gasteiger partial charge on any atom is -0.478 e. The van der Waals surface area contributed by atoms with E-state index in [1.54, 1.807) is 13.0 Å². The van der Waals surface area contributed by atoms with Crippen LogP contribution in [0.5, 0.6) is 0 Å². The zero-order valence-corrected chi connectivity index (χ0v) is 11.7. The molecule has 2 heterocycles. The van der Waals surface area contributed by atoms with Crippen LogP contribution in [0.3, 0.4) is 0 Å². The van der Waals surface area contributed by atoms with Crippen molar-refractivity contribution in [3.8, 4) is 6.07 Å². The molecule has 20 heavy (non-hydrogen) atoms. The average molecular weight is 285 g/mol. The molecule has 0 saturated heterocycles. The molecule has 100 valence electrons. The topological polar surface area (TPSA) is 86.9 Å². The SMILES string of the molecule is Cc1cc(Sc2cc(C(=O)O)ccn2)c(C#N)c(C)n1. The largest absolute Gasteiger partial charge is 0.478 e. The number of carboxylic acids is 1. The maximum Gasteiger partial charge on any atom is 0.335 e. The van der Waals surface area contributed by atoms with E-state index in [1.165, 1.54) is 30.1 Å². The van der Waals surface area contributed by atoms with Gasteiger partial charge < -0.3 is 5.11 Å². The molecule has 0 spiro atoms. The Labute approximate surface area is 120 Å². The van der Waals surface area contributed by atoms with Crippen LogP contribution >= 0.6 is 11.8 Å². The number of hydrogen-bond donors (Lipinski definition) is 1. The number of aromatic carboxylic acids is 1. The number of hydrogen-bond acceptors (Lipinski definition) is 5. The number of pyridine rings is 2. The average Bonchev–Trinajstić information content (AvgIpc) is 2.38. The third-order valence-electron chi connectivity index (χ3n) is 2.60. The third kappa shape index (κ3) is 2.95. The Morgan fingerprint density at radius 3 is 2.80 bits per heavy atom. The fourth-order valence-corrected chi connectivity index (χ4v) is 2.77. The molecule has 2 aromatic heterocycles. The summed E-state index contributed by atoms with van der Waals surface area (Å²) in [5, 5.41) is 18.7. The Bertz CT molecular complexity index is 723. The summed E-state index contributed by atoms with van der Waals surface area (Å²) in [5.74, 6) is -1.00. The second-order valence-electron chi connectivity index (χ2n) is 4.12. The van der Waals surface area contributed by atoms with Gasteiger partial charge in [0.1, 0.15) is 11.1 Å². The van der Waals surface area contributed by atoms with Gasteiger partial charge in [-0.3, -0.25) is 4.98 Å². The van der Waals surface area contributed by atoms with E-state index < -0.39 is 5.97 Å². The number of nitriles is 1. The van der Waals surface area contributed by atoms with Crippen molar-refractivity contribution in [3.05, 3.63) is 46.9 Å². The Kier molecular flexibility index (Phi) is 4.01. The normalized spacial score (nSPS) is 10.1. The smallest absolute Gasteiger partial charge is 0.335 e. The first kappa shape index (κ1) is 14.0. The van der Waals surface area contributed by atoms with Gasteiger partial charge in [0.15, 0.2) is 0 Å². The molecule has 0 aliphatic heterocycles. The standard InChI is InChI=1S/C14H11N3O2S/c1-8-5-12(11(7-15)9(2)17-8)20-13-6-10(14(18)19)3-4-16-13/h3-6H,1-2H3,(H,18,19). The molecule has 0 aliphatic rings. The summed E-state index contributed by atoms with van der Waals surface area (Å²) in [6.45, 7) is 3.62. The van der Waals surface area contributed by atoms with Crippen LogP contribution in [0, 0.1) is 25.2 Å². The molecule has 0 aromatic carbocycles. The number of nitrogens with zero attached hydrogens (tertiary/aromatic N) is 3. The van der Waals surface area contributed by atoms with Crippen molar-refractivity contribution in [1.29, 1.82) is 5.26 Å². The van der Waals surface area contributed by atoms with Crippen molar-refractivity contribution in [2.24, 2.45) is 0 Å². The van der Waals surface area contributed by atoms with Crippen LogP contribution in [0.4, 0.5) is 0 Å². The first-order valence-corrected chi connectivity index (χ1v) is 6.58. The zero-order valence-electron chi connectivity index (χ0n) is 10.9. The first-order valence-electron chi connectivity index (χ1n) is 5.77. The summed E-state index contributed by atoms with van der Waals surface area (Å²) < 4.78 is 0. The van der Waals surface area contributed by atoms with Crippen LogP contribution in [-0.2, 0) is 0 Å². The van der Waals surface area contributed by atoms with Gasteiger partial charge in [-0.2, -0.15) is 5.26 Å². The molecular weight excluding hydrogens is 274 g/mol. The number of carboxylic acid groups (broad SMARTS) is 1. The molecule has 0 radical (unpaired) electrons. The maximum atomic E-state index is 10.9. The maximum absolute atomic E-state index is 10.9. The summed E-state index contributed by atoms with van der Waals surface area (Å²) in [4.78, 5) is 20.0. The van der Waals surface area contributed by atoms with Gasteiger partial charge in [-0.15, -0.1) is 0 Å². The minimum atomic E-state index is -1.00. The lowest BCUT2D eigenvalue weighted by Gasteiger charge is -2.07. The molecule has 1 N–H and O–H groups in total. The van der Waals surface area contributed by atoms with E-state index in [0.717, 1.165) is 10.6 Å². The van der Waals surface area contributed by atoms with Gasteiger partial charge in [-0.05, 0) is 32.0 Å². The molecule has 0 unspecified atom stereocenters. The molecule has 6 heteroatoms. The van der Waals surface area contributed by atoms with Gasteiger partial charge in [0, 0.05) is 16.8 Å². The van der Waals surface area contributed by atoms with Crippen molar-refractivity contribution in [1.82, 2.24) is 9.97 Å². The van der Waals surface area contributed by atoms with E-state index in [-0.39, 0.29) is 5.56 Å². The fourth-order valence-electron chi connectivity index (χ4n) is 1.72. The lowest BCUT2D eigenvalue weighted by atomic mass is 10.2. The zero-order chi connectivity index (χ0) is 14.7. The van der Waals surface area contributed by atoms with Crippen LogP contribution in [0.1, 0.15) is 27.3 Å². The molecule has 0 fully saturated rings. The van der Waals surface area contributed by atoms with E-state index >= 15 is 0 Å². The Morgan fingerprint density at radius 1 is 1.40 bits per heavy atom. The van der Waals surface area contributed by atoms with Gasteiger partial charge in [-0.25, -0.2) is 9.78 Å². The van der Waals surface area contributed by atoms with Crippen molar-refractivity contribution in [2.45, 2.75) is 23.8 Å². The van der Waals surface area contributed by atoms with Crippen molar-refractivity contribution < 1.29 is 9.90 Å². The quantitative estimate of drug-likeness (QED) is 0.933. The molecule has 0 atom stereocenters. The molecule has 0 bridgehead atoms. The highest BCUT2D eigenvalue weighted by Crippen LogP contribution is 2.30. The van der Waals surface area contributed by atoms with E-state index in [2.05, 4.69) is 16.0 Å². The second-order valence-corrected chi connectivity index (χ2v) is 5.19. The lowest BCUT2D eigenvalue weighted by molar-refractivity contribution is 0.0696. The van der Waals surface area contributed by atoms with Crippen molar-refractivity contribution in [2.75, 3.05) is 0 Å². The van der Waals surface area contributed by atoms with Gasteiger partial charge >= 0.3 is 5.97 Å². The van der Waals surface area contributed by atoms with Gasteiger partial charge in [0.05, 0.1) is 16.8 Å².